The van der Waals surface area contributed by atoms with E-state index in [4.69, 9.17) is 5.73 Å². The number of nitrogens with two attached hydrogens (primary N) is 1. The Kier molecular flexibility index (Phi) is 7.21. The van der Waals surface area contributed by atoms with E-state index in [-0.39, 0.29) is 18.2 Å². The van der Waals surface area contributed by atoms with Crippen molar-refractivity contribution in [1.82, 2.24) is 5.32 Å². The molecule has 5 nitrogen and oxygen atoms in total. The monoisotopic (exact) mass is 276 g/mol. The third-order valence-electron chi connectivity index (χ3n) is 2.87. The van der Waals surface area contributed by atoms with Crippen LogP contribution in [-0.2, 0) is 20.8 Å². The first-order valence-corrected chi connectivity index (χ1v) is 6.66. The molecular weight excluding hydrogens is 256 g/mol. The minimum atomic E-state index is -0.667. The predicted molar refractivity (Wildman–Crippen MR) is 76.1 cm³/mol. The van der Waals surface area contributed by atoms with E-state index in [1.807, 2.05) is 30.3 Å². The topological polar surface area (TPSA) is 89.3 Å². The summed E-state index contributed by atoms with van der Waals surface area (Å²) in [5.74, 6) is -0.426. The van der Waals surface area contributed by atoms with Gasteiger partial charge < -0.3 is 15.8 Å². The summed E-state index contributed by atoms with van der Waals surface area (Å²) in [6.07, 6.45) is 2.40. The zero-order valence-corrected chi connectivity index (χ0v) is 11.4. The number of unbranched alkanes of at least 4 members (excludes halogenated alkanes) is 1. The molecule has 0 radical (unpaired) electrons. The molecule has 5 heteroatoms. The van der Waals surface area contributed by atoms with Crippen LogP contribution in [0, 0.1) is 0 Å². The van der Waals surface area contributed by atoms with E-state index in [0.29, 0.717) is 25.7 Å². The van der Waals surface area contributed by atoms with E-state index in [9.17, 15) is 14.4 Å². The normalized spacial score (nSPS) is 11.7. The highest BCUT2D eigenvalue weighted by atomic mass is 16.2. The van der Waals surface area contributed by atoms with Gasteiger partial charge >= 0.3 is 0 Å². The van der Waals surface area contributed by atoms with E-state index in [0.717, 1.165) is 11.8 Å². The molecule has 1 aromatic carbocycles. The van der Waals surface area contributed by atoms with Crippen molar-refractivity contribution in [3.05, 3.63) is 35.9 Å². The number of ketones is 1. The molecule has 0 bridgehead atoms. The number of carbonyl (C=O) groups excluding carboxylic acids is 3. The van der Waals surface area contributed by atoms with Crippen LogP contribution in [0.2, 0.25) is 0 Å². The highest BCUT2D eigenvalue weighted by Gasteiger charge is 2.14. The van der Waals surface area contributed by atoms with Crippen molar-refractivity contribution < 1.29 is 14.4 Å². The van der Waals surface area contributed by atoms with E-state index >= 15 is 0 Å². The second-order valence-electron chi connectivity index (χ2n) is 4.61. The number of aldehydes is 1. The van der Waals surface area contributed by atoms with Crippen molar-refractivity contribution in [1.29, 1.82) is 0 Å². The minimum absolute atomic E-state index is 0.0276. The number of benzene rings is 1. The van der Waals surface area contributed by atoms with Crippen LogP contribution < -0.4 is 11.1 Å². The number of hydrogen-bond donors (Lipinski definition) is 2. The van der Waals surface area contributed by atoms with Gasteiger partial charge in [-0.15, -0.1) is 0 Å². The molecule has 1 unspecified atom stereocenters. The van der Waals surface area contributed by atoms with Crippen molar-refractivity contribution in [2.75, 3.05) is 6.54 Å². The number of hydrogen-bond acceptors (Lipinski definition) is 4. The minimum Gasteiger partial charge on any atom is -0.348 e. The van der Waals surface area contributed by atoms with Gasteiger partial charge in [-0.3, -0.25) is 9.59 Å². The zero-order valence-electron chi connectivity index (χ0n) is 11.4. The highest BCUT2D eigenvalue weighted by molar-refractivity contribution is 5.88. The fourth-order valence-corrected chi connectivity index (χ4v) is 1.75. The number of amides is 1. The van der Waals surface area contributed by atoms with Crippen molar-refractivity contribution >= 4 is 18.0 Å². The SMILES string of the molecule is NC(Cc1ccccc1)C(=O)NCC(=O)CCCC=O. The lowest BCUT2D eigenvalue weighted by Gasteiger charge is -2.11. The van der Waals surface area contributed by atoms with Crippen LogP contribution in [0.5, 0.6) is 0 Å². The molecule has 0 saturated carbocycles. The van der Waals surface area contributed by atoms with Gasteiger partial charge in [0.05, 0.1) is 12.6 Å². The Hall–Kier alpha value is -2.01. The Balaban J connectivity index is 2.28. The molecule has 108 valence electrons. The predicted octanol–water partition coefficient (Wildman–Crippen LogP) is 0.611. The van der Waals surface area contributed by atoms with Crippen molar-refractivity contribution in [3.8, 4) is 0 Å². The quantitative estimate of drug-likeness (QED) is 0.511. The molecule has 0 aliphatic heterocycles. The third-order valence-corrected chi connectivity index (χ3v) is 2.87. The molecule has 3 N–H and O–H groups in total. The smallest absolute Gasteiger partial charge is 0.237 e. The van der Waals surface area contributed by atoms with Crippen LogP contribution in [0.4, 0.5) is 0 Å². The summed E-state index contributed by atoms with van der Waals surface area (Å²) >= 11 is 0. The highest BCUT2D eigenvalue weighted by Crippen LogP contribution is 2.02. The van der Waals surface area contributed by atoms with Gasteiger partial charge in [-0.05, 0) is 18.4 Å². The lowest BCUT2D eigenvalue weighted by Crippen LogP contribution is -2.43. The summed E-state index contributed by atoms with van der Waals surface area (Å²) in [4.78, 5) is 33.3. The van der Waals surface area contributed by atoms with Crippen LogP contribution in [0.3, 0.4) is 0 Å². The summed E-state index contributed by atoms with van der Waals surface area (Å²) < 4.78 is 0. The molecule has 0 spiro atoms. The van der Waals surface area contributed by atoms with Crippen molar-refractivity contribution in [3.63, 3.8) is 0 Å². The first-order valence-electron chi connectivity index (χ1n) is 6.66. The van der Waals surface area contributed by atoms with Gasteiger partial charge in [0.2, 0.25) is 5.91 Å². The van der Waals surface area contributed by atoms with Gasteiger partial charge in [0.25, 0.3) is 0 Å². The van der Waals surface area contributed by atoms with Gasteiger partial charge in [-0.2, -0.15) is 0 Å². The molecular formula is C15H20N2O3. The average molecular weight is 276 g/mol. The van der Waals surface area contributed by atoms with Crippen LogP contribution in [-0.4, -0.2) is 30.6 Å². The molecule has 0 heterocycles. The van der Waals surface area contributed by atoms with E-state index in [2.05, 4.69) is 5.32 Å². The van der Waals surface area contributed by atoms with Crippen molar-refractivity contribution in [2.45, 2.75) is 31.7 Å². The zero-order chi connectivity index (χ0) is 14.8. The molecule has 0 aromatic heterocycles. The van der Waals surface area contributed by atoms with Gasteiger partial charge in [0.15, 0.2) is 5.78 Å². The largest absolute Gasteiger partial charge is 0.348 e. The number of Topliss-reactive ketones (excluding diaryl/α,β-unsaturated/α-hetero) is 1. The summed E-state index contributed by atoms with van der Waals surface area (Å²) in [6, 6.07) is 8.80. The Morgan fingerprint density at radius 2 is 1.95 bits per heavy atom. The standard InChI is InChI=1S/C15H20N2O3/c16-14(10-12-6-2-1-3-7-12)15(20)17-11-13(19)8-4-5-9-18/h1-3,6-7,9,14H,4-5,8,10-11,16H2,(H,17,20). The van der Waals surface area contributed by atoms with Crippen LogP contribution in [0.25, 0.3) is 0 Å². The van der Waals surface area contributed by atoms with Crippen molar-refractivity contribution in [2.24, 2.45) is 5.73 Å². The number of rotatable bonds is 9. The average Bonchev–Trinajstić information content (AvgIpc) is 2.46. The third kappa shape index (κ3) is 6.24. The molecule has 1 rings (SSSR count). The molecule has 0 fully saturated rings. The Morgan fingerprint density at radius 3 is 2.60 bits per heavy atom. The maximum Gasteiger partial charge on any atom is 0.237 e. The second kappa shape index (κ2) is 8.98. The fourth-order valence-electron chi connectivity index (χ4n) is 1.75. The van der Waals surface area contributed by atoms with E-state index in [1.54, 1.807) is 0 Å². The first kappa shape index (κ1) is 16.0. The van der Waals surface area contributed by atoms with E-state index in [1.165, 1.54) is 0 Å². The Morgan fingerprint density at radius 1 is 1.25 bits per heavy atom. The van der Waals surface area contributed by atoms with Gasteiger partial charge in [-0.25, -0.2) is 0 Å². The fraction of sp³-hybridized carbons (Fsp3) is 0.400. The molecule has 20 heavy (non-hydrogen) atoms. The molecule has 0 aliphatic rings. The Bertz CT molecular complexity index is 446. The van der Waals surface area contributed by atoms with Crippen LogP contribution >= 0.6 is 0 Å². The van der Waals surface area contributed by atoms with Gasteiger partial charge in [0, 0.05) is 12.8 Å². The summed E-state index contributed by atoms with van der Waals surface area (Å²) in [5.41, 5.74) is 6.77. The van der Waals surface area contributed by atoms with Gasteiger partial charge in [-0.1, -0.05) is 30.3 Å². The summed E-state index contributed by atoms with van der Waals surface area (Å²) in [5, 5.41) is 2.53. The maximum absolute atomic E-state index is 11.7. The first-order chi connectivity index (χ1) is 9.63. The van der Waals surface area contributed by atoms with Gasteiger partial charge in [0.1, 0.15) is 6.29 Å². The summed E-state index contributed by atoms with van der Waals surface area (Å²) in [6.45, 7) is -0.0276. The number of carbonyl (C=O) groups is 3. The lowest BCUT2D eigenvalue weighted by atomic mass is 10.1. The lowest BCUT2D eigenvalue weighted by molar-refractivity contribution is -0.126. The second-order valence-corrected chi connectivity index (χ2v) is 4.61. The summed E-state index contributed by atoms with van der Waals surface area (Å²) in [7, 11) is 0. The molecule has 1 aromatic rings. The van der Waals surface area contributed by atoms with E-state index < -0.39 is 6.04 Å². The van der Waals surface area contributed by atoms with Crippen LogP contribution in [0.15, 0.2) is 30.3 Å². The Labute approximate surface area is 118 Å². The molecule has 1 atom stereocenters. The van der Waals surface area contributed by atoms with Crippen LogP contribution in [0.1, 0.15) is 24.8 Å². The molecule has 1 amide bonds. The number of nitrogens with one attached hydrogen (secondary N) is 1. The molecule has 0 aliphatic carbocycles. The molecule has 0 saturated heterocycles. The maximum atomic E-state index is 11.7.